The van der Waals surface area contributed by atoms with Crippen molar-refractivity contribution in [1.82, 2.24) is 25.3 Å². The SMILES string of the molecule is Cc1ncc(Oc2nc3c(c(N4CCNCC4)n2)-c2cc(F)cc(C)c2C3)cn1. The molecule has 1 fully saturated rings. The predicted molar refractivity (Wildman–Crippen MR) is 107 cm³/mol. The van der Waals surface area contributed by atoms with Crippen LogP contribution in [0.4, 0.5) is 10.2 Å². The van der Waals surface area contributed by atoms with Crippen molar-refractivity contribution in [2.45, 2.75) is 20.3 Å². The van der Waals surface area contributed by atoms with Crippen LogP contribution in [-0.2, 0) is 6.42 Å². The Kier molecular flexibility index (Phi) is 4.35. The van der Waals surface area contributed by atoms with E-state index in [1.54, 1.807) is 24.5 Å². The molecule has 7 nitrogen and oxygen atoms in total. The Balaban J connectivity index is 1.62. The molecular weight excluding hydrogens is 371 g/mol. The molecule has 2 aliphatic rings. The largest absolute Gasteiger partial charge is 0.421 e. The molecule has 0 radical (unpaired) electrons. The maximum absolute atomic E-state index is 14.2. The van der Waals surface area contributed by atoms with Gasteiger partial charge in [0.25, 0.3) is 0 Å². The molecule has 1 aromatic carbocycles. The highest BCUT2D eigenvalue weighted by molar-refractivity contribution is 5.85. The summed E-state index contributed by atoms with van der Waals surface area (Å²) in [5, 5.41) is 3.36. The molecule has 2 aromatic heterocycles. The summed E-state index contributed by atoms with van der Waals surface area (Å²) in [5.41, 5.74) is 4.69. The van der Waals surface area contributed by atoms with Crippen molar-refractivity contribution in [2.24, 2.45) is 0 Å². The maximum atomic E-state index is 14.2. The molecule has 1 saturated heterocycles. The quantitative estimate of drug-likeness (QED) is 0.574. The fourth-order valence-corrected chi connectivity index (χ4v) is 3.96. The average molecular weight is 392 g/mol. The lowest BCUT2D eigenvalue weighted by molar-refractivity contribution is 0.434. The van der Waals surface area contributed by atoms with E-state index >= 15 is 0 Å². The van der Waals surface area contributed by atoms with Crippen molar-refractivity contribution in [3.8, 4) is 22.9 Å². The summed E-state index contributed by atoms with van der Waals surface area (Å²) in [4.78, 5) is 19.9. The minimum atomic E-state index is -0.238. The lowest BCUT2D eigenvalue weighted by Gasteiger charge is -2.30. The molecule has 3 aromatic rings. The molecule has 1 aliphatic heterocycles. The molecule has 1 N–H and O–H groups in total. The van der Waals surface area contributed by atoms with Crippen LogP contribution in [0, 0.1) is 19.7 Å². The second-order valence-corrected chi connectivity index (χ2v) is 7.38. The van der Waals surface area contributed by atoms with Crippen molar-refractivity contribution >= 4 is 5.82 Å². The number of piperazine rings is 1. The van der Waals surface area contributed by atoms with Crippen LogP contribution in [-0.4, -0.2) is 46.1 Å². The van der Waals surface area contributed by atoms with E-state index in [1.165, 1.54) is 0 Å². The van der Waals surface area contributed by atoms with Crippen molar-refractivity contribution < 1.29 is 9.13 Å². The van der Waals surface area contributed by atoms with Gasteiger partial charge in [-0.2, -0.15) is 9.97 Å². The molecule has 0 spiro atoms. The van der Waals surface area contributed by atoms with Gasteiger partial charge in [-0.05, 0) is 42.7 Å². The normalized spacial score (nSPS) is 15.2. The average Bonchev–Trinajstić information content (AvgIpc) is 3.09. The van der Waals surface area contributed by atoms with E-state index in [4.69, 9.17) is 9.72 Å². The summed E-state index contributed by atoms with van der Waals surface area (Å²) in [6.07, 6.45) is 3.86. The zero-order valence-corrected chi connectivity index (χ0v) is 16.4. The number of nitrogens with one attached hydrogen (secondary N) is 1. The second kappa shape index (κ2) is 7.04. The Hall–Kier alpha value is -3.13. The van der Waals surface area contributed by atoms with E-state index in [9.17, 15) is 4.39 Å². The molecule has 5 rings (SSSR count). The Labute approximate surface area is 168 Å². The Morgan fingerprint density at radius 1 is 1.07 bits per heavy atom. The van der Waals surface area contributed by atoms with E-state index in [0.717, 1.165) is 59.9 Å². The number of nitrogens with zero attached hydrogens (tertiary/aromatic N) is 5. The highest BCUT2D eigenvalue weighted by Crippen LogP contribution is 2.44. The third-order valence-electron chi connectivity index (χ3n) is 5.38. The van der Waals surface area contributed by atoms with Gasteiger partial charge in [-0.3, -0.25) is 0 Å². The van der Waals surface area contributed by atoms with Crippen molar-refractivity contribution in [3.05, 3.63) is 53.0 Å². The van der Waals surface area contributed by atoms with E-state index in [1.807, 2.05) is 13.8 Å². The number of hydrogen-bond donors (Lipinski definition) is 1. The number of rotatable bonds is 3. The number of halogens is 1. The standard InChI is InChI=1S/C21H21FN6O/c1-12-7-14(22)8-17-16(12)9-18-19(17)20(28-5-3-23-4-6-28)27-21(26-18)29-15-10-24-13(2)25-11-15/h7-8,10-11,23H,3-6,9H2,1-2H3. The van der Waals surface area contributed by atoms with E-state index < -0.39 is 0 Å². The van der Waals surface area contributed by atoms with Gasteiger partial charge in [-0.1, -0.05) is 0 Å². The van der Waals surface area contributed by atoms with Gasteiger partial charge < -0.3 is 15.0 Å². The molecule has 0 saturated carbocycles. The Morgan fingerprint density at radius 2 is 1.83 bits per heavy atom. The zero-order valence-electron chi connectivity index (χ0n) is 16.4. The van der Waals surface area contributed by atoms with Crippen molar-refractivity contribution in [3.63, 3.8) is 0 Å². The van der Waals surface area contributed by atoms with Gasteiger partial charge in [0.2, 0.25) is 0 Å². The van der Waals surface area contributed by atoms with E-state index in [-0.39, 0.29) is 11.8 Å². The van der Waals surface area contributed by atoms with Crippen molar-refractivity contribution in [2.75, 3.05) is 31.1 Å². The monoisotopic (exact) mass is 392 g/mol. The molecule has 0 unspecified atom stereocenters. The summed E-state index contributed by atoms with van der Waals surface area (Å²) in [7, 11) is 0. The van der Waals surface area contributed by atoms with Gasteiger partial charge in [-0.15, -0.1) is 0 Å². The number of aromatic nitrogens is 4. The van der Waals surface area contributed by atoms with Crippen LogP contribution in [0.25, 0.3) is 11.1 Å². The fraction of sp³-hybridized carbons (Fsp3) is 0.333. The summed E-state index contributed by atoms with van der Waals surface area (Å²) in [6, 6.07) is 3.43. The first-order valence-corrected chi connectivity index (χ1v) is 9.71. The van der Waals surface area contributed by atoms with Gasteiger partial charge in [-0.25, -0.2) is 14.4 Å². The van der Waals surface area contributed by atoms with E-state index in [0.29, 0.717) is 18.0 Å². The summed E-state index contributed by atoms with van der Waals surface area (Å²) in [5.74, 6) is 1.71. The van der Waals surface area contributed by atoms with Crippen molar-refractivity contribution in [1.29, 1.82) is 0 Å². The number of fused-ring (bicyclic) bond motifs is 3. The minimum Gasteiger partial charge on any atom is -0.421 e. The van der Waals surface area contributed by atoms with Gasteiger partial charge in [0, 0.05) is 38.2 Å². The Bertz CT molecular complexity index is 1080. The molecular formula is C21H21FN6O. The van der Waals surface area contributed by atoms with Gasteiger partial charge in [0.05, 0.1) is 18.1 Å². The molecule has 29 heavy (non-hydrogen) atoms. The molecule has 148 valence electrons. The van der Waals surface area contributed by atoms with Gasteiger partial charge in [0.15, 0.2) is 5.75 Å². The lowest BCUT2D eigenvalue weighted by Crippen LogP contribution is -2.44. The zero-order chi connectivity index (χ0) is 20.0. The van der Waals surface area contributed by atoms with Crippen LogP contribution < -0.4 is 15.0 Å². The maximum Gasteiger partial charge on any atom is 0.324 e. The molecule has 1 aliphatic carbocycles. The van der Waals surface area contributed by atoms with Crippen LogP contribution in [0.1, 0.15) is 22.6 Å². The smallest absolute Gasteiger partial charge is 0.324 e. The first-order chi connectivity index (χ1) is 14.1. The number of anilines is 1. The molecule has 0 bridgehead atoms. The Morgan fingerprint density at radius 3 is 2.59 bits per heavy atom. The van der Waals surface area contributed by atoms with Gasteiger partial charge >= 0.3 is 6.01 Å². The molecule has 0 amide bonds. The van der Waals surface area contributed by atoms with Crippen LogP contribution >= 0.6 is 0 Å². The third-order valence-corrected chi connectivity index (χ3v) is 5.38. The highest BCUT2D eigenvalue weighted by atomic mass is 19.1. The lowest BCUT2D eigenvalue weighted by atomic mass is 10.0. The topological polar surface area (TPSA) is 76.1 Å². The van der Waals surface area contributed by atoms with Crippen LogP contribution in [0.3, 0.4) is 0 Å². The minimum absolute atomic E-state index is 0.238. The van der Waals surface area contributed by atoms with Crippen LogP contribution in [0.2, 0.25) is 0 Å². The van der Waals surface area contributed by atoms with E-state index in [2.05, 4.69) is 25.2 Å². The summed E-state index contributed by atoms with van der Waals surface area (Å²) >= 11 is 0. The van der Waals surface area contributed by atoms with Crippen LogP contribution in [0.5, 0.6) is 11.8 Å². The third kappa shape index (κ3) is 3.29. The second-order valence-electron chi connectivity index (χ2n) is 7.38. The summed E-state index contributed by atoms with van der Waals surface area (Å²) < 4.78 is 20.1. The fourth-order valence-electron chi connectivity index (χ4n) is 3.96. The predicted octanol–water partition coefficient (Wildman–Crippen LogP) is 2.80. The number of ether oxygens (including phenoxy) is 1. The first-order valence-electron chi connectivity index (χ1n) is 9.71. The molecule has 0 atom stereocenters. The summed E-state index contributed by atoms with van der Waals surface area (Å²) in [6.45, 7) is 7.13. The highest BCUT2D eigenvalue weighted by Gasteiger charge is 2.30. The number of aryl methyl sites for hydroxylation is 2. The molecule has 3 heterocycles. The number of benzene rings is 1. The van der Waals surface area contributed by atoms with Crippen LogP contribution in [0.15, 0.2) is 24.5 Å². The number of hydrogen-bond acceptors (Lipinski definition) is 7. The first kappa shape index (κ1) is 17.9. The van der Waals surface area contributed by atoms with Gasteiger partial charge in [0.1, 0.15) is 17.5 Å². The molecule has 8 heteroatoms.